The van der Waals surface area contributed by atoms with Gasteiger partial charge in [-0.2, -0.15) is 0 Å². The molecule has 2 fully saturated rings. The van der Waals surface area contributed by atoms with Gasteiger partial charge in [0.15, 0.2) is 0 Å². The predicted molar refractivity (Wildman–Crippen MR) is 79.0 cm³/mol. The molecule has 1 unspecified atom stereocenters. The molecule has 0 saturated carbocycles. The second-order valence-corrected chi connectivity index (χ2v) is 6.69. The standard InChI is InChI=1S/C16H30N2O/c1-13(2)15-3-4-16(19)18(12-8-15)11-7-14-5-9-17-10-6-14/h13-15,17H,3-12H2,1-2H3. The average molecular weight is 266 g/mol. The molecule has 110 valence electrons. The first-order valence-corrected chi connectivity index (χ1v) is 8.15. The van der Waals surface area contributed by atoms with Crippen molar-refractivity contribution in [2.24, 2.45) is 17.8 Å². The van der Waals surface area contributed by atoms with Crippen molar-refractivity contribution in [3.63, 3.8) is 0 Å². The molecule has 0 aromatic heterocycles. The van der Waals surface area contributed by atoms with Crippen LogP contribution in [0.5, 0.6) is 0 Å². The molecular formula is C16H30N2O. The summed E-state index contributed by atoms with van der Waals surface area (Å²) < 4.78 is 0. The highest BCUT2D eigenvalue weighted by molar-refractivity contribution is 5.76. The van der Waals surface area contributed by atoms with Crippen LogP contribution in [0, 0.1) is 17.8 Å². The Hall–Kier alpha value is -0.570. The molecule has 19 heavy (non-hydrogen) atoms. The van der Waals surface area contributed by atoms with Crippen molar-refractivity contribution < 1.29 is 4.79 Å². The van der Waals surface area contributed by atoms with Gasteiger partial charge >= 0.3 is 0 Å². The van der Waals surface area contributed by atoms with Gasteiger partial charge in [-0.15, -0.1) is 0 Å². The van der Waals surface area contributed by atoms with Gasteiger partial charge in [0.2, 0.25) is 5.91 Å². The first-order valence-electron chi connectivity index (χ1n) is 8.15. The summed E-state index contributed by atoms with van der Waals surface area (Å²) in [6.45, 7) is 8.89. The minimum atomic E-state index is 0.400. The van der Waals surface area contributed by atoms with Crippen LogP contribution in [-0.2, 0) is 4.79 Å². The fourth-order valence-corrected chi connectivity index (χ4v) is 3.47. The number of carbonyl (C=O) groups is 1. The summed E-state index contributed by atoms with van der Waals surface area (Å²) in [5.74, 6) is 2.69. The number of piperidine rings is 1. The molecule has 0 spiro atoms. The molecule has 3 heteroatoms. The smallest absolute Gasteiger partial charge is 0.222 e. The van der Waals surface area contributed by atoms with Gasteiger partial charge < -0.3 is 10.2 Å². The quantitative estimate of drug-likeness (QED) is 0.848. The topological polar surface area (TPSA) is 32.3 Å². The number of rotatable bonds is 4. The van der Waals surface area contributed by atoms with E-state index >= 15 is 0 Å². The van der Waals surface area contributed by atoms with Crippen LogP contribution in [0.4, 0.5) is 0 Å². The van der Waals surface area contributed by atoms with E-state index in [9.17, 15) is 4.79 Å². The maximum absolute atomic E-state index is 12.2. The van der Waals surface area contributed by atoms with Crippen molar-refractivity contribution in [2.45, 2.75) is 52.4 Å². The molecule has 0 aromatic carbocycles. The average Bonchev–Trinajstić information content (AvgIpc) is 2.60. The van der Waals surface area contributed by atoms with Gasteiger partial charge in [-0.25, -0.2) is 0 Å². The SMILES string of the molecule is CC(C)C1CCC(=O)N(CCC2CCNCC2)CC1. The number of carbonyl (C=O) groups excluding carboxylic acids is 1. The molecule has 2 rings (SSSR count). The van der Waals surface area contributed by atoms with E-state index in [0.29, 0.717) is 5.91 Å². The lowest BCUT2D eigenvalue weighted by atomic mass is 9.89. The van der Waals surface area contributed by atoms with Gasteiger partial charge in [-0.05, 0) is 62.9 Å². The lowest BCUT2D eigenvalue weighted by molar-refractivity contribution is -0.130. The molecule has 0 aliphatic carbocycles. The zero-order valence-electron chi connectivity index (χ0n) is 12.7. The van der Waals surface area contributed by atoms with E-state index in [-0.39, 0.29) is 0 Å². The summed E-state index contributed by atoms with van der Waals surface area (Å²) in [6.07, 6.45) is 6.86. The fraction of sp³-hybridized carbons (Fsp3) is 0.938. The zero-order chi connectivity index (χ0) is 13.7. The third kappa shape index (κ3) is 4.48. The Morgan fingerprint density at radius 1 is 1.21 bits per heavy atom. The van der Waals surface area contributed by atoms with Gasteiger partial charge in [-0.1, -0.05) is 13.8 Å². The van der Waals surface area contributed by atoms with E-state index in [4.69, 9.17) is 0 Å². The summed E-state index contributed by atoms with van der Waals surface area (Å²) in [5, 5.41) is 3.41. The fourth-order valence-electron chi connectivity index (χ4n) is 3.47. The maximum Gasteiger partial charge on any atom is 0.222 e. The van der Waals surface area contributed by atoms with Crippen LogP contribution in [0.3, 0.4) is 0 Å². The molecule has 1 amide bonds. The van der Waals surface area contributed by atoms with Crippen molar-refractivity contribution >= 4 is 5.91 Å². The number of hydrogen-bond acceptors (Lipinski definition) is 2. The van der Waals surface area contributed by atoms with Crippen LogP contribution in [0.25, 0.3) is 0 Å². The summed E-state index contributed by atoms with van der Waals surface area (Å²) in [4.78, 5) is 14.3. The van der Waals surface area contributed by atoms with Crippen molar-refractivity contribution in [1.29, 1.82) is 0 Å². The number of nitrogens with zero attached hydrogens (tertiary/aromatic N) is 1. The second-order valence-electron chi connectivity index (χ2n) is 6.69. The highest BCUT2D eigenvalue weighted by Crippen LogP contribution is 2.26. The number of amides is 1. The van der Waals surface area contributed by atoms with Gasteiger partial charge in [0.1, 0.15) is 0 Å². The van der Waals surface area contributed by atoms with Crippen LogP contribution in [0.15, 0.2) is 0 Å². The molecule has 0 radical (unpaired) electrons. The molecule has 1 atom stereocenters. The van der Waals surface area contributed by atoms with Crippen LogP contribution >= 0.6 is 0 Å². The van der Waals surface area contributed by atoms with Gasteiger partial charge in [0.25, 0.3) is 0 Å². The summed E-state index contributed by atoms with van der Waals surface area (Å²) in [6, 6.07) is 0. The molecule has 1 N–H and O–H groups in total. The second kappa shape index (κ2) is 7.28. The van der Waals surface area contributed by atoms with Crippen molar-refractivity contribution in [3.05, 3.63) is 0 Å². The predicted octanol–water partition coefficient (Wildman–Crippen LogP) is 2.66. The minimum Gasteiger partial charge on any atom is -0.343 e. The first kappa shape index (κ1) is 14.8. The third-order valence-electron chi connectivity index (χ3n) is 5.06. The van der Waals surface area contributed by atoms with Crippen LogP contribution < -0.4 is 5.32 Å². The lowest BCUT2D eigenvalue weighted by Gasteiger charge is -2.27. The third-order valence-corrected chi connectivity index (χ3v) is 5.06. The van der Waals surface area contributed by atoms with Crippen LogP contribution in [0.2, 0.25) is 0 Å². The normalized spacial score (nSPS) is 26.8. The summed E-state index contributed by atoms with van der Waals surface area (Å²) in [5.41, 5.74) is 0. The minimum absolute atomic E-state index is 0.400. The van der Waals surface area contributed by atoms with E-state index in [0.717, 1.165) is 56.8 Å². The van der Waals surface area contributed by atoms with E-state index < -0.39 is 0 Å². The molecule has 2 saturated heterocycles. The van der Waals surface area contributed by atoms with Gasteiger partial charge in [0, 0.05) is 19.5 Å². The molecule has 2 aliphatic heterocycles. The Morgan fingerprint density at radius 2 is 1.95 bits per heavy atom. The van der Waals surface area contributed by atoms with E-state index in [1.54, 1.807) is 0 Å². The van der Waals surface area contributed by atoms with Gasteiger partial charge in [-0.3, -0.25) is 4.79 Å². The Labute approximate surface area is 118 Å². The first-order chi connectivity index (χ1) is 9.16. The number of likely N-dealkylation sites (tertiary alicyclic amines) is 1. The van der Waals surface area contributed by atoms with Crippen LogP contribution in [-0.4, -0.2) is 37.0 Å². The molecule has 2 heterocycles. The van der Waals surface area contributed by atoms with Crippen LogP contribution in [0.1, 0.15) is 52.4 Å². The monoisotopic (exact) mass is 266 g/mol. The Morgan fingerprint density at radius 3 is 2.63 bits per heavy atom. The summed E-state index contributed by atoms with van der Waals surface area (Å²) in [7, 11) is 0. The number of hydrogen-bond donors (Lipinski definition) is 1. The van der Waals surface area contributed by atoms with Crippen molar-refractivity contribution in [2.75, 3.05) is 26.2 Å². The number of nitrogens with one attached hydrogen (secondary N) is 1. The Balaban J connectivity index is 1.77. The Bertz CT molecular complexity index is 284. The van der Waals surface area contributed by atoms with Gasteiger partial charge in [0.05, 0.1) is 0 Å². The Kier molecular flexibility index (Phi) is 5.68. The van der Waals surface area contributed by atoms with Crippen molar-refractivity contribution in [3.8, 4) is 0 Å². The molecule has 0 bridgehead atoms. The molecule has 3 nitrogen and oxygen atoms in total. The zero-order valence-corrected chi connectivity index (χ0v) is 12.7. The highest BCUT2D eigenvalue weighted by atomic mass is 16.2. The highest BCUT2D eigenvalue weighted by Gasteiger charge is 2.24. The van der Waals surface area contributed by atoms with Crippen molar-refractivity contribution in [1.82, 2.24) is 10.2 Å². The summed E-state index contributed by atoms with van der Waals surface area (Å²) >= 11 is 0. The molecule has 2 aliphatic rings. The molecular weight excluding hydrogens is 236 g/mol. The lowest BCUT2D eigenvalue weighted by Crippen LogP contribution is -2.34. The van der Waals surface area contributed by atoms with E-state index in [1.807, 2.05) is 0 Å². The largest absolute Gasteiger partial charge is 0.343 e. The van der Waals surface area contributed by atoms with E-state index in [1.165, 1.54) is 25.7 Å². The maximum atomic E-state index is 12.2. The molecule has 0 aromatic rings. The van der Waals surface area contributed by atoms with E-state index in [2.05, 4.69) is 24.1 Å².